The summed E-state index contributed by atoms with van der Waals surface area (Å²) in [6.07, 6.45) is 2.60. The molecule has 0 aliphatic rings. The van der Waals surface area contributed by atoms with Gasteiger partial charge in [-0.2, -0.15) is 0 Å². The van der Waals surface area contributed by atoms with Gasteiger partial charge in [0, 0.05) is 0 Å². The molecular formula is C16H14Cl2N2. The van der Waals surface area contributed by atoms with Crippen molar-refractivity contribution in [3.05, 3.63) is 58.1 Å². The fourth-order valence-electron chi connectivity index (χ4n) is 2.73. The molecule has 0 aliphatic carbocycles. The van der Waals surface area contributed by atoms with Crippen molar-refractivity contribution in [1.29, 1.82) is 0 Å². The fraction of sp³-hybridized carbons (Fsp3) is 0.188. The van der Waals surface area contributed by atoms with Crippen molar-refractivity contribution in [2.45, 2.75) is 20.3 Å². The molecule has 0 fully saturated rings. The highest BCUT2D eigenvalue weighted by molar-refractivity contribution is 6.40. The average Bonchev–Trinajstić information content (AvgIpc) is 2.77. The van der Waals surface area contributed by atoms with Gasteiger partial charge in [-0.15, -0.1) is 0 Å². The molecule has 0 unspecified atom stereocenters. The molecule has 2 nitrogen and oxygen atoms in total. The summed E-state index contributed by atoms with van der Waals surface area (Å²) in [7, 11) is 0. The molecule has 1 heterocycles. The van der Waals surface area contributed by atoms with Crippen LogP contribution in [0, 0.1) is 6.92 Å². The highest BCUT2D eigenvalue weighted by atomic mass is 35.5. The van der Waals surface area contributed by atoms with E-state index in [9.17, 15) is 0 Å². The predicted molar refractivity (Wildman–Crippen MR) is 85.2 cm³/mol. The first kappa shape index (κ1) is 13.5. The van der Waals surface area contributed by atoms with Crippen LogP contribution in [0.4, 0.5) is 0 Å². The number of imidazole rings is 1. The lowest BCUT2D eigenvalue weighted by Gasteiger charge is -2.16. The standard InChI is InChI=1S/C16H14Cl2N2/c1-3-12-13-7-5-4-6-11(13)8-10(2)14(12)20-9-19-15(17)16(20)18/h4-9H,3H2,1-2H3. The van der Waals surface area contributed by atoms with Crippen molar-refractivity contribution in [2.24, 2.45) is 0 Å². The van der Waals surface area contributed by atoms with Crippen LogP contribution in [-0.4, -0.2) is 9.55 Å². The average molecular weight is 305 g/mol. The Labute approximate surface area is 128 Å². The van der Waals surface area contributed by atoms with E-state index in [0.29, 0.717) is 10.3 Å². The molecule has 3 aromatic rings. The molecule has 4 heteroatoms. The second kappa shape index (κ2) is 5.12. The molecule has 20 heavy (non-hydrogen) atoms. The molecule has 1 aromatic heterocycles. The van der Waals surface area contributed by atoms with Gasteiger partial charge in [-0.05, 0) is 41.3 Å². The number of hydrogen-bond donors (Lipinski definition) is 0. The van der Waals surface area contributed by atoms with Gasteiger partial charge in [0.25, 0.3) is 0 Å². The Hall–Kier alpha value is -1.51. The van der Waals surface area contributed by atoms with Crippen LogP contribution in [0.25, 0.3) is 16.5 Å². The second-order valence-corrected chi connectivity index (χ2v) is 5.51. The third kappa shape index (κ3) is 2.00. The quantitative estimate of drug-likeness (QED) is 0.636. The monoisotopic (exact) mass is 304 g/mol. The number of hydrogen-bond acceptors (Lipinski definition) is 1. The number of aryl methyl sites for hydroxylation is 2. The number of aromatic nitrogens is 2. The van der Waals surface area contributed by atoms with E-state index in [0.717, 1.165) is 17.7 Å². The molecular weight excluding hydrogens is 291 g/mol. The number of fused-ring (bicyclic) bond motifs is 1. The molecule has 102 valence electrons. The van der Waals surface area contributed by atoms with Gasteiger partial charge in [-0.25, -0.2) is 4.98 Å². The van der Waals surface area contributed by atoms with E-state index in [1.54, 1.807) is 6.33 Å². The summed E-state index contributed by atoms with van der Waals surface area (Å²) >= 11 is 12.2. The van der Waals surface area contributed by atoms with E-state index in [2.05, 4.69) is 49.2 Å². The summed E-state index contributed by atoms with van der Waals surface area (Å²) < 4.78 is 1.87. The summed E-state index contributed by atoms with van der Waals surface area (Å²) in [6.45, 7) is 4.24. The van der Waals surface area contributed by atoms with Crippen LogP contribution < -0.4 is 0 Å². The maximum Gasteiger partial charge on any atom is 0.166 e. The first-order valence-electron chi connectivity index (χ1n) is 6.53. The number of halogens is 2. The Bertz CT molecular complexity index is 791. The molecule has 0 radical (unpaired) electrons. The van der Waals surface area contributed by atoms with Crippen molar-refractivity contribution >= 4 is 34.0 Å². The Kier molecular flexibility index (Phi) is 3.45. The largest absolute Gasteiger partial charge is 0.288 e. The van der Waals surface area contributed by atoms with Gasteiger partial charge in [0.15, 0.2) is 10.3 Å². The van der Waals surface area contributed by atoms with Crippen molar-refractivity contribution in [1.82, 2.24) is 9.55 Å². The first-order chi connectivity index (χ1) is 9.63. The minimum absolute atomic E-state index is 0.335. The lowest BCUT2D eigenvalue weighted by molar-refractivity contribution is 0.999. The van der Waals surface area contributed by atoms with Crippen LogP contribution in [0.3, 0.4) is 0 Å². The summed E-state index contributed by atoms with van der Waals surface area (Å²) in [5.74, 6) is 0. The SMILES string of the molecule is CCc1c(-n2cnc(Cl)c2Cl)c(C)cc2ccccc12. The van der Waals surface area contributed by atoms with Crippen LogP contribution in [0.15, 0.2) is 36.7 Å². The van der Waals surface area contributed by atoms with E-state index in [1.807, 2.05) is 4.57 Å². The van der Waals surface area contributed by atoms with Crippen LogP contribution in [-0.2, 0) is 6.42 Å². The highest BCUT2D eigenvalue weighted by Crippen LogP contribution is 2.32. The van der Waals surface area contributed by atoms with E-state index in [4.69, 9.17) is 23.2 Å². The molecule has 3 rings (SSSR count). The number of benzene rings is 2. The van der Waals surface area contributed by atoms with Gasteiger partial charge >= 0.3 is 0 Å². The van der Waals surface area contributed by atoms with Crippen molar-refractivity contribution < 1.29 is 0 Å². The van der Waals surface area contributed by atoms with E-state index >= 15 is 0 Å². The lowest BCUT2D eigenvalue weighted by Crippen LogP contribution is -2.02. The van der Waals surface area contributed by atoms with Gasteiger partial charge in [-0.3, -0.25) is 4.57 Å². The Morgan fingerprint density at radius 1 is 1.20 bits per heavy atom. The summed E-state index contributed by atoms with van der Waals surface area (Å²) in [5.41, 5.74) is 3.50. The maximum atomic E-state index is 6.26. The molecule has 0 saturated carbocycles. The van der Waals surface area contributed by atoms with Crippen molar-refractivity contribution in [2.75, 3.05) is 0 Å². The summed E-state index contributed by atoms with van der Waals surface area (Å²) in [5, 5.41) is 3.28. The first-order valence-corrected chi connectivity index (χ1v) is 7.29. The third-order valence-corrected chi connectivity index (χ3v) is 4.31. The van der Waals surface area contributed by atoms with E-state index < -0.39 is 0 Å². The minimum atomic E-state index is 0.335. The molecule has 0 saturated heterocycles. The number of rotatable bonds is 2. The minimum Gasteiger partial charge on any atom is -0.288 e. The Balaban J connectivity index is 2.40. The molecule has 0 amide bonds. The van der Waals surface area contributed by atoms with Gasteiger partial charge in [0.05, 0.1) is 5.69 Å². The van der Waals surface area contributed by atoms with Crippen LogP contribution in [0.1, 0.15) is 18.1 Å². The van der Waals surface area contributed by atoms with Crippen molar-refractivity contribution in [3.8, 4) is 5.69 Å². The topological polar surface area (TPSA) is 17.8 Å². The summed E-state index contributed by atoms with van der Waals surface area (Å²) in [6, 6.07) is 10.6. The third-order valence-electron chi connectivity index (χ3n) is 3.58. The van der Waals surface area contributed by atoms with Gasteiger partial charge in [0.2, 0.25) is 0 Å². The van der Waals surface area contributed by atoms with Crippen LogP contribution in [0.5, 0.6) is 0 Å². The smallest absolute Gasteiger partial charge is 0.166 e. The second-order valence-electron chi connectivity index (χ2n) is 4.79. The lowest BCUT2D eigenvalue weighted by atomic mass is 9.97. The van der Waals surface area contributed by atoms with Gasteiger partial charge in [0.1, 0.15) is 6.33 Å². The zero-order chi connectivity index (χ0) is 14.3. The predicted octanol–water partition coefficient (Wildman–Crippen LogP) is 5.20. The maximum absolute atomic E-state index is 6.26. The Morgan fingerprint density at radius 2 is 1.95 bits per heavy atom. The highest BCUT2D eigenvalue weighted by Gasteiger charge is 2.15. The zero-order valence-electron chi connectivity index (χ0n) is 11.3. The van der Waals surface area contributed by atoms with E-state index in [-0.39, 0.29) is 0 Å². The molecule has 0 spiro atoms. The van der Waals surface area contributed by atoms with Gasteiger partial charge in [-0.1, -0.05) is 54.4 Å². The molecule has 0 bridgehead atoms. The molecule has 0 aliphatic heterocycles. The van der Waals surface area contributed by atoms with Crippen LogP contribution >= 0.6 is 23.2 Å². The van der Waals surface area contributed by atoms with Gasteiger partial charge < -0.3 is 0 Å². The Morgan fingerprint density at radius 3 is 2.60 bits per heavy atom. The van der Waals surface area contributed by atoms with E-state index in [1.165, 1.54) is 16.3 Å². The molecule has 0 N–H and O–H groups in total. The number of nitrogens with zero attached hydrogens (tertiary/aromatic N) is 2. The normalized spacial score (nSPS) is 11.2. The fourth-order valence-corrected chi connectivity index (χ4v) is 3.04. The molecule has 2 aromatic carbocycles. The van der Waals surface area contributed by atoms with Crippen molar-refractivity contribution in [3.63, 3.8) is 0 Å². The molecule has 0 atom stereocenters. The van der Waals surface area contributed by atoms with Crippen LogP contribution in [0.2, 0.25) is 10.3 Å². The summed E-state index contributed by atoms with van der Waals surface area (Å²) in [4.78, 5) is 4.09. The zero-order valence-corrected chi connectivity index (χ0v) is 12.8.